The van der Waals surface area contributed by atoms with Crippen molar-refractivity contribution in [1.29, 1.82) is 0 Å². The van der Waals surface area contributed by atoms with E-state index in [0.717, 1.165) is 33.0 Å². The number of thiazole rings is 1. The van der Waals surface area contributed by atoms with Crippen molar-refractivity contribution in [2.24, 2.45) is 0 Å². The molecule has 0 spiro atoms. The van der Waals surface area contributed by atoms with Crippen LogP contribution in [0.15, 0.2) is 60.9 Å². The Hall–Kier alpha value is -3.09. The van der Waals surface area contributed by atoms with E-state index < -0.39 is 0 Å². The molecule has 1 aromatic carbocycles. The number of anilines is 1. The first-order valence-corrected chi connectivity index (χ1v) is 10.1. The van der Waals surface area contributed by atoms with Crippen molar-refractivity contribution in [3.8, 4) is 21.7 Å². The molecular weight excluding hydrogens is 404 g/mol. The van der Waals surface area contributed by atoms with Crippen molar-refractivity contribution in [2.45, 2.75) is 13.8 Å². The molecule has 3 aromatic heterocycles. The zero-order valence-corrected chi connectivity index (χ0v) is 17.4. The van der Waals surface area contributed by atoms with Crippen LogP contribution in [0.4, 0.5) is 5.13 Å². The maximum atomic E-state index is 12.6. The van der Waals surface area contributed by atoms with Gasteiger partial charge in [-0.1, -0.05) is 46.7 Å². The van der Waals surface area contributed by atoms with Crippen molar-refractivity contribution in [3.63, 3.8) is 0 Å². The fraction of sp³-hybridized carbons (Fsp3) is 0.0909. The smallest absolute Gasteiger partial charge is 0.259 e. The molecule has 1 amide bonds. The van der Waals surface area contributed by atoms with Crippen LogP contribution in [0.5, 0.6) is 0 Å². The number of nitrogens with one attached hydrogen (secondary N) is 1. The molecule has 0 aliphatic rings. The van der Waals surface area contributed by atoms with Crippen molar-refractivity contribution < 1.29 is 4.79 Å². The summed E-state index contributed by atoms with van der Waals surface area (Å²) < 4.78 is 0. The Labute approximate surface area is 177 Å². The lowest BCUT2D eigenvalue weighted by molar-refractivity contribution is 0.102. The van der Waals surface area contributed by atoms with Crippen LogP contribution in [0, 0.1) is 13.8 Å². The van der Waals surface area contributed by atoms with Crippen LogP contribution in [0.2, 0.25) is 5.15 Å². The molecule has 0 aliphatic carbocycles. The molecule has 0 radical (unpaired) electrons. The summed E-state index contributed by atoms with van der Waals surface area (Å²) in [5.74, 6) is -0.281. The summed E-state index contributed by atoms with van der Waals surface area (Å²) in [4.78, 5) is 26.5. The third kappa shape index (κ3) is 4.34. The van der Waals surface area contributed by atoms with Crippen LogP contribution in [0.1, 0.15) is 21.6 Å². The maximum Gasteiger partial charge on any atom is 0.259 e. The second-order valence-electron chi connectivity index (χ2n) is 6.58. The summed E-state index contributed by atoms with van der Waals surface area (Å²) in [7, 11) is 0. The molecule has 0 unspecified atom stereocenters. The van der Waals surface area contributed by atoms with Gasteiger partial charge in [-0.25, -0.2) is 9.97 Å². The largest absolute Gasteiger partial charge is 0.298 e. The van der Waals surface area contributed by atoms with E-state index in [2.05, 4.69) is 21.4 Å². The Morgan fingerprint density at radius 2 is 1.90 bits per heavy atom. The average molecular weight is 421 g/mol. The number of amides is 1. The maximum absolute atomic E-state index is 12.6. The second-order valence-corrected chi connectivity index (χ2v) is 7.96. The lowest BCUT2D eigenvalue weighted by Crippen LogP contribution is -2.11. The van der Waals surface area contributed by atoms with E-state index in [1.54, 1.807) is 18.3 Å². The molecule has 4 aromatic rings. The molecule has 29 heavy (non-hydrogen) atoms. The van der Waals surface area contributed by atoms with Crippen molar-refractivity contribution in [3.05, 3.63) is 82.9 Å². The molecule has 5 nitrogen and oxygen atoms in total. The predicted octanol–water partition coefficient (Wildman–Crippen LogP) is 5.79. The number of aromatic nitrogens is 3. The summed E-state index contributed by atoms with van der Waals surface area (Å²) in [5.41, 5.74) is 5.32. The minimum atomic E-state index is -0.281. The number of pyridine rings is 2. The van der Waals surface area contributed by atoms with E-state index in [4.69, 9.17) is 16.6 Å². The highest BCUT2D eigenvalue weighted by Gasteiger charge is 2.17. The molecular formula is C22H17ClN4OS. The van der Waals surface area contributed by atoms with Crippen LogP contribution < -0.4 is 5.32 Å². The van der Waals surface area contributed by atoms with E-state index >= 15 is 0 Å². The van der Waals surface area contributed by atoms with Crippen molar-refractivity contribution in [1.82, 2.24) is 15.0 Å². The summed E-state index contributed by atoms with van der Waals surface area (Å²) in [5, 5.41) is 3.74. The first-order chi connectivity index (χ1) is 14.0. The minimum Gasteiger partial charge on any atom is -0.298 e. The van der Waals surface area contributed by atoms with Gasteiger partial charge in [-0.15, -0.1) is 0 Å². The highest BCUT2D eigenvalue weighted by atomic mass is 35.5. The van der Waals surface area contributed by atoms with Gasteiger partial charge in [0, 0.05) is 23.7 Å². The lowest BCUT2D eigenvalue weighted by Gasteiger charge is -2.04. The normalized spacial score (nSPS) is 10.7. The van der Waals surface area contributed by atoms with Crippen LogP contribution >= 0.6 is 22.9 Å². The quantitative estimate of drug-likeness (QED) is 0.424. The summed E-state index contributed by atoms with van der Waals surface area (Å²) in [6.45, 7) is 4.00. The molecule has 0 aliphatic heterocycles. The topological polar surface area (TPSA) is 67.8 Å². The summed E-state index contributed by atoms with van der Waals surface area (Å²) in [6, 6.07) is 15.3. The van der Waals surface area contributed by atoms with Gasteiger partial charge in [0.15, 0.2) is 5.13 Å². The molecule has 1 N–H and O–H groups in total. The summed E-state index contributed by atoms with van der Waals surface area (Å²) >= 11 is 7.23. The van der Waals surface area contributed by atoms with E-state index in [0.29, 0.717) is 15.8 Å². The van der Waals surface area contributed by atoms with Gasteiger partial charge in [-0.2, -0.15) is 0 Å². The Balaban J connectivity index is 1.75. The van der Waals surface area contributed by atoms with Crippen molar-refractivity contribution >= 4 is 34.0 Å². The highest BCUT2D eigenvalue weighted by Crippen LogP contribution is 2.39. The van der Waals surface area contributed by atoms with Crippen LogP contribution in [-0.2, 0) is 0 Å². The molecule has 0 atom stereocenters. The molecule has 0 bridgehead atoms. The Morgan fingerprint density at radius 3 is 2.62 bits per heavy atom. The Morgan fingerprint density at radius 1 is 1.03 bits per heavy atom. The fourth-order valence-electron chi connectivity index (χ4n) is 2.92. The minimum absolute atomic E-state index is 0.281. The molecule has 0 saturated carbocycles. The monoisotopic (exact) mass is 420 g/mol. The van der Waals surface area contributed by atoms with Gasteiger partial charge in [-0.3, -0.25) is 15.1 Å². The SMILES string of the molecule is Cc1cccc(-c2nc(NC(=O)c3ccc(Cl)nc3)sc2-c2ccnc(C)c2)c1. The van der Waals surface area contributed by atoms with E-state index in [1.165, 1.54) is 17.5 Å². The van der Waals surface area contributed by atoms with Crippen LogP contribution in [-0.4, -0.2) is 20.9 Å². The number of halogens is 1. The first kappa shape index (κ1) is 19.2. The van der Waals surface area contributed by atoms with Gasteiger partial charge in [0.1, 0.15) is 5.15 Å². The number of aryl methyl sites for hydroxylation is 2. The number of nitrogens with zero attached hydrogens (tertiary/aromatic N) is 3. The van der Waals surface area contributed by atoms with Crippen LogP contribution in [0.25, 0.3) is 21.7 Å². The zero-order chi connectivity index (χ0) is 20.4. The summed E-state index contributed by atoms with van der Waals surface area (Å²) in [6.07, 6.45) is 3.22. The Bertz CT molecular complexity index is 1120. The third-order valence-corrected chi connectivity index (χ3v) is 5.53. The average Bonchev–Trinajstić information content (AvgIpc) is 3.12. The zero-order valence-electron chi connectivity index (χ0n) is 15.8. The molecule has 0 fully saturated rings. The van der Waals surface area contributed by atoms with Gasteiger partial charge in [0.05, 0.1) is 16.1 Å². The van der Waals surface area contributed by atoms with Crippen LogP contribution in [0.3, 0.4) is 0 Å². The molecule has 3 heterocycles. The number of carbonyl (C=O) groups excluding carboxylic acids is 1. The third-order valence-electron chi connectivity index (χ3n) is 4.29. The fourth-order valence-corrected chi connectivity index (χ4v) is 4.01. The molecule has 144 valence electrons. The number of benzene rings is 1. The lowest BCUT2D eigenvalue weighted by atomic mass is 10.1. The molecule has 7 heteroatoms. The van der Waals surface area contributed by atoms with Gasteiger partial charge < -0.3 is 0 Å². The predicted molar refractivity (Wildman–Crippen MR) is 117 cm³/mol. The number of hydrogen-bond donors (Lipinski definition) is 1. The number of hydrogen-bond acceptors (Lipinski definition) is 5. The van der Waals surface area contributed by atoms with Gasteiger partial charge in [-0.05, 0) is 49.7 Å². The molecule has 4 rings (SSSR count). The number of carbonyl (C=O) groups is 1. The van der Waals surface area contributed by atoms with E-state index in [1.807, 2.05) is 44.2 Å². The van der Waals surface area contributed by atoms with Gasteiger partial charge >= 0.3 is 0 Å². The van der Waals surface area contributed by atoms with E-state index in [-0.39, 0.29) is 5.91 Å². The van der Waals surface area contributed by atoms with Gasteiger partial charge in [0.25, 0.3) is 5.91 Å². The van der Waals surface area contributed by atoms with E-state index in [9.17, 15) is 4.79 Å². The number of rotatable bonds is 4. The molecule has 0 saturated heterocycles. The standard InChI is InChI=1S/C22H17ClN4OS/c1-13-4-3-5-15(10-13)19-20(16-8-9-24-14(2)11-16)29-22(26-19)27-21(28)17-6-7-18(23)25-12-17/h3-12H,1-2H3,(H,26,27,28). The van der Waals surface area contributed by atoms with Gasteiger partial charge in [0.2, 0.25) is 0 Å². The van der Waals surface area contributed by atoms with Crippen molar-refractivity contribution in [2.75, 3.05) is 5.32 Å². The first-order valence-electron chi connectivity index (χ1n) is 8.93. The Kier molecular flexibility index (Phi) is 5.38. The highest BCUT2D eigenvalue weighted by molar-refractivity contribution is 7.19. The second kappa shape index (κ2) is 8.11.